The Bertz CT molecular complexity index is 273. The van der Waals surface area contributed by atoms with E-state index in [0.717, 1.165) is 13.0 Å². The molecule has 1 atom stereocenters. The van der Waals surface area contributed by atoms with Crippen LogP contribution in [0.3, 0.4) is 0 Å². The minimum atomic E-state index is -0.762. The van der Waals surface area contributed by atoms with E-state index in [1.165, 1.54) is 57.8 Å². The van der Waals surface area contributed by atoms with Crippen LogP contribution in [0.2, 0.25) is 0 Å². The molecule has 0 bridgehead atoms. The monoisotopic (exact) mass is 440 g/mol. The number of carboxylic acids is 1. The summed E-state index contributed by atoms with van der Waals surface area (Å²) in [5, 5.41) is 34.9. The van der Waals surface area contributed by atoms with Gasteiger partial charge in [-0.15, -0.1) is 0 Å². The second-order valence-corrected chi connectivity index (χ2v) is 6.73. The molecule has 0 amide bonds. The summed E-state index contributed by atoms with van der Waals surface area (Å²) in [6.45, 7) is 6.18. The number of aliphatic carboxylic acids is 1. The molecule has 0 aliphatic rings. The van der Waals surface area contributed by atoms with E-state index in [1.54, 1.807) is 6.92 Å². The van der Waals surface area contributed by atoms with Crippen molar-refractivity contribution >= 4 is 5.97 Å². The molecule has 0 heterocycles. The predicted octanol–water partition coefficient (Wildman–Crippen LogP) is 0.782. The summed E-state index contributed by atoms with van der Waals surface area (Å²) in [6.07, 6.45) is 13.2. The number of aliphatic hydroxyl groups excluding tert-OH is 3. The highest BCUT2D eigenvalue weighted by atomic mass is 16.4. The molecule has 0 rings (SSSR count). The lowest BCUT2D eigenvalue weighted by Gasteiger charge is -2.08. The maximum atomic E-state index is 10.5. The van der Waals surface area contributed by atoms with Crippen molar-refractivity contribution in [1.82, 2.24) is 5.32 Å². The minimum absolute atomic E-state index is 0.0972. The molecule has 30 heavy (non-hydrogen) atoms. The molecule has 9 nitrogen and oxygen atoms in total. The Labute approximate surface area is 184 Å². The summed E-state index contributed by atoms with van der Waals surface area (Å²) in [6, 6.07) is -0.413. The number of hydrogen-bond donors (Lipinski definition) is 8. The van der Waals surface area contributed by atoms with E-state index in [2.05, 4.69) is 12.2 Å². The number of aliphatic hydroxyl groups is 3. The molecule has 0 saturated carbocycles. The first-order valence-corrected chi connectivity index (χ1v) is 11.3. The van der Waals surface area contributed by atoms with Gasteiger partial charge in [0.2, 0.25) is 0 Å². The van der Waals surface area contributed by atoms with Crippen molar-refractivity contribution in [2.45, 2.75) is 84.1 Å². The van der Waals surface area contributed by atoms with Gasteiger partial charge in [-0.25, -0.2) is 0 Å². The second-order valence-electron chi connectivity index (χ2n) is 6.73. The highest BCUT2D eigenvalue weighted by Crippen LogP contribution is 2.10. The molecule has 0 aromatic rings. The van der Waals surface area contributed by atoms with Gasteiger partial charge >= 0.3 is 5.97 Å². The number of nitrogens with one attached hydrogen (secondary N) is 1. The zero-order valence-electron chi connectivity index (χ0n) is 19.5. The Balaban J connectivity index is -0.000000229. The van der Waals surface area contributed by atoms with E-state index in [0.29, 0.717) is 19.6 Å². The van der Waals surface area contributed by atoms with E-state index in [9.17, 15) is 4.79 Å². The van der Waals surface area contributed by atoms with Gasteiger partial charge in [0, 0.05) is 19.6 Å². The lowest BCUT2D eigenvalue weighted by molar-refractivity contribution is -0.138. The molecule has 1 unspecified atom stereocenters. The standard InChI is InChI=1S/C15H31NO2.3C2H7NO/c1-3-4-5-6-7-8-9-10-11-12-13-16-14(2)15(17)18;3*3-1-2-4/h14,16H,3-13H2,1-2H3,(H,17,18);3*4H,1-3H2. The molecule has 0 radical (unpaired) electrons. The zero-order chi connectivity index (χ0) is 23.9. The van der Waals surface area contributed by atoms with E-state index in [4.69, 9.17) is 37.6 Å². The molecule has 0 spiro atoms. The van der Waals surface area contributed by atoms with Gasteiger partial charge in [0.1, 0.15) is 6.04 Å². The average molecular weight is 441 g/mol. The number of rotatable bonds is 16. The van der Waals surface area contributed by atoms with Gasteiger partial charge in [0.15, 0.2) is 0 Å². The lowest BCUT2D eigenvalue weighted by Crippen LogP contribution is -2.34. The quantitative estimate of drug-likeness (QED) is 0.160. The topological polar surface area (TPSA) is 188 Å². The first-order valence-electron chi connectivity index (χ1n) is 11.3. The van der Waals surface area contributed by atoms with Crippen LogP contribution in [0.4, 0.5) is 0 Å². The van der Waals surface area contributed by atoms with E-state index in [1.807, 2.05) is 0 Å². The summed E-state index contributed by atoms with van der Waals surface area (Å²) in [7, 11) is 0. The van der Waals surface area contributed by atoms with Crippen LogP contribution in [0, 0.1) is 0 Å². The smallest absolute Gasteiger partial charge is 0.320 e. The number of unbranched alkanes of at least 4 members (excludes halogenated alkanes) is 9. The summed E-state index contributed by atoms with van der Waals surface area (Å²) in [5.74, 6) is -0.762. The third-order valence-corrected chi connectivity index (χ3v) is 3.74. The molecule has 0 aromatic carbocycles. The van der Waals surface area contributed by atoms with Crippen LogP contribution in [-0.2, 0) is 4.79 Å². The molecule has 9 heteroatoms. The van der Waals surface area contributed by atoms with Crippen molar-refractivity contribution in [1.29, 1.82) is 0 Å². The maximum Gasteiger partial charge on any atom is 0.320 e. The summed E-state index contributed by atoms with van der Waals surface area (Å²) < 4.78 is 0. The number of nitrogens with two attached hydrogens (primary N) is 3. The summed E-state index contributed by atoms with van der Waals surface area (Å²) in [4.78, 5) is 10.5. The van der Waals surface area contributed by atoms with Gasteiger partial charge < -0.3 is 42.9 Å². The molecule has 0 saturated heterocycles. The number of carboxylic acid groups (broad SMARTS) is 1. The van der Waals surface area contributed by atoms with Crippen molar-refractivity contribution in [2.24, 2.45) is 17.2 Å². The Morgan fingerprint density at radius 1 is 0.733 bits per heavy atom. The van der Waals surface area contributed by atoms with Crippen LogP contribution in [0.5, 0.6) is 0 Å². The largest absolute Gasteiger partial charge is 0.480 e. The Hall–Kier alpha value is -0.810. The Kier molecular flexibility index (Phi) is 47.2. The van der Waals surface area contributed by atoms with Gasteiger partial charge in [-0.3, -0.25) is 4.79 Å². The van der Waals surface area contributed by atoms with Gasteiger partial charge in [-0.05, 0) is 19.9 Å². The van der Waals surface area contributed by atoms with E-state index < -0.39 is 12.0 Å². The minimum Gasteiger partial charge on any atom is -0.480 e. The first-order chi connectivity index (χ1) is 14.4. The molecular weight excluding hydrogens is 388 g/mol. The van der Waals surface area contributed by atoms with Crippen LogP contribution in [0.1, 0.15) is 78.1 Å². The number of carbonyl (C=O) groups is 1. The van der Waals surface area contributed by atoms with Gasteiger partial charge in [0.25, 0.3) is 0 Å². The fourth-order valence-corrected chi connectivity index (χ4v) is 2.02. The SMILES string of the molecule is CCCCCCCCCCCCNC(C)C(=O)O.NCCO.NCCO.NCCO. The van der Waals surface area contributed by atoms with Crippen molar-refractivity contribution in [3.63, 3.8) is 0 Å². The molecule has 186 valence electrons. The third kappa shape index (κ3) is 50.6. The van der Waals surface area contributed by atoms with Crippen LogP contribution in [-0.4, -0.2) is 78.4 Å². The summed E-state index contributed by atoms with van der Waals surface area (Å²) in [5.41, 5.74) is 14.3. The van der Waals surface area contributed by atoms with Crippen molar-refractivity contribution in [2.75, 3.05) is 46.0 Å². The average Bonchev–Trinajstić information content (AvgIpc) is 2.77. The highest BCUT2D eigenvalue weighted by molar-refractivity contribution is 5.72. The Morgan fingerprint density at radius 2 is 1.03 bits per heavy atom. The molecule has 11 N–H and O–H groups in total. The predicted molar refractivity (Wildman–Crippen MR) is 125 cm³/mol. The van der Waals surface area contributed by atoms with Crippen molar-refractivity contribution < 1.29 is 25.2 Å². The van der Waals surface area contributed by atoms with E-state index in [-0.39, 0.29) is 19.8 Å². The highest BCUT2D eigenvalue weighted by Gasteiger charge is 2.07. The molecule has 0 aliphatic heterocycles. The van der Waals surface area contributed by atoms with Crippen molar-refractivity contribution in [3.05, 3.63) is 0 Å². The van der Waals surface area contributed by atoms with Crippen molar-refractivity contribution in [3.8, 4) is 0 Å². The van der Waals surface area contributed by atoms with Crippen LogP contribution < -0.4 is 22.5 Å². The van der Waals surface area contributed by atoms with Crippen LogP contribution in [0.15, 0.2) is 0 Å². The van der Waals surface area contributed by atoms with E-state index >= 15 is 0 Å². The second kappa shape index (κ2) is 38.8. The van der Waals surface area contributed by atoms with Gasteiger partial charge in [0.05, 0.1) is 19.8 Å². The fourth-order valence-electron chi connectivity index (χ4n) is 2.02. The fraction of sp³-hybridized carbons (Fsp3) is 0.952. The third-order valence-electron chi connectivity index (χ3n) is 3.74. The van der Waals surface area contributed by atoms with Crippen LogP contribution in [0.25, 0.3) is 0 Å². The van der Waals surface area contributed by atoms with Crippen LogP contribution >= 0.6 is 0 Å². The normalized spacial score (nSPS) is 10.5. The zero-order valence-corrected chi connectivity index (χ0v) is 19.5. The summed E-state index contributed by atoms with van der Waals surface area (Å²) >= 11 is 0. The first kappa shape index (κ1) is 36.6. The molecule has 0 aromatic heterocycles. The maximum absolute atomic E-state index is 10.5. The number of hydrogen-bond acceptors (Lipinski definition) is 8. The van der Waals surface area contributed by atoms with Gasteiger partial charge in [-0.1, -0.05) is 64.7 Å². The molecule has 0 fully saturated rings. The van der Waals surface area contributed by atoms with Gasteiger partial charge in [-0.2, -0.15) is 0 Å². The molecule has 0 aliphatic carbocycles. The lowest BCUT2D eigenvalue weighted by atomic mass is 10.1. The Morgan fingerprint density at radius 3 is 1.30 bits per heavy atom. The molecular formula is C21H52N4O5.